The Hall–Kier alpha value is -2.77. The van der Waals surface area contributed by atoms with Crippen LogP contribution < -0.4 is 9.64 Å². The molecular weight excluding hydrogens is 528 g/mol. The van der Waals surface area contributed by atoms with Crippen molar-refractivity contribution in [3.8, 4) is 5.75 Å². The number of carboxylic acid groups (broad SMARTS) is 1. The van der Waals surface area contributed by atoms with Crippen molar-refractivity contribution in [3.63, 3.8) is 0 Å². The highest BCUT2D eigenvalue weighted by Crippen LogP contribution is 2.46. The SMILES string of the molecule is C[C@@H]1C(=O)N(C)CCCCCCCCN2C[C@@]3(CCCc4cc(Cl)ccc43)COc3ccc(cc32)[C@@]1(O)C(=O)O. The molecule has 1 aliphatic carbocycles. The average molecular weight is 569 g/mol. The summed E-state index contributed by atoms with van der Waals surface area (Å²) in [5, 5.41) is 22.7. The number of aliphatic carboxylic acids is 1. The Balaban J connectivity index is 1.59. The van der Waals surface area contributed by atoms with Crippen molar-refractivity contribution < 1.29 is 24.5 Å². The van der Waals surface area contributed by atoms with E-state index in [-0.39, 0.29) is 16.9 Å². The molecule has 2 aromatic rings. The van der Waals surface area contributed by atoms with Crippen LogP contribution in [0.1, 0.15) is 75.0 Å². The van der Waals surface area contributed by atoms with E-state index in [0.29, 0.717) is 18.9 Å². The predicted molar refractivity (Wildman–Crippen MR) is 156 cm³/mol. The maximum atomic E-state index is 13.3. The van der Waals surface area contributed by atoms with Crippen LogP contribution in [0.4, 0.5) is 5.69 Å². The number of aliphatic hydroxyl groups is 1. The van der Waals surface area contributed by atoms with Crippen molar-refractivity contribution in [1.82, 2.24) is 4.90 Å². The van der Waals surface area contributed by atoms with Gasteiger partial charge in [0.1, 0.15) is 5.75 Å². The average Bonchev–Trinajstić information content (AvgIpc) is 3.09. The molecule has 216 valence electrons. The van der Waals surface area contributed by atoms with Crippen molar-refractivity contribution in [3.05, 3.63) is 58.1 Å². The van der Waals surface area contributed by atoms with Crippen molar-refractivity contribution in [2.24, 2.45) is 5.92 Å². The van der Waals surface area contributed by atoms with Crippen LogP contribution in [0.25, 0.3) is 0 Å². The molecule has 2 heterocycles. The van der Waals surface area contributed by atoms with Crippen molar-refractivity contribution >= 4 is 29.2 Å². The number of benzene rings is 2. The van der Waals surface area contributed by atoms with Gasteiger partial charge in [-0.1, -0.05) is 49.4 Å². The van der Waals surface area contributed by atoms with E-state index in [1.165, 1.54) is 18.1 Å². The van der Waals surface area contributed by atoms with Crippen LogP contribution in [0.2, 0.25) is 5.02 Å². The zero-order valence-corrected chi connectivity index (χ0v) is 24.4. The van der Waals surface area contributed by atoms with Crippen molar-refractivity contribution in [2.45, 2.75) is 75.7 Å². The number of anilines is 1. The predicted octanol–water partition coefficient (Wildman–Crippen LogP) is 5.53. The smallest absolute Gasteiger partial charge is 0.341 e. The number of hydrogen-bond acceptors (Lipinski definition) is 5. The minimum Gasteiger partial charge on any atom is -0.490 e. The number of amides is 1. The Labute approximate surface area is 242 Å². The lowest BCUT2D eigenvalue weighted by molar-refractivity contribution is -0.172. The first-order valence-corrected chi connectivity index (χ1v) is 15.1. The highest BCUT2D eigenvalue weighted by Gasteiger charge is 2.49. The summed E-state index contributed by atoms with van der Waals surface area (Å²) in [6, 6.07) is 11.3. The summed E-state index contributed by atoms with van der Waals surface area (Å²) in [7, 11) is 1.69. The van der Waals surface area contributed by atoms with Gasteiger partial charge in [0.2, 0.25) is 5.91 Å². The third-order valence-corrected chi connectivity index (χ3v) is 9.58. The van der Waals surface area contributed by atoms with Crippen LogP contribution in [-0.2, 0) is 27.0 Å². The number of fused-ring (bicyclic) bond motifs is 3. The Morgan fingerprint density at radius 1 is 1.02 bits per heavy atom. The number of carbonyl (C=O) groups excluding carboxylic acids is 1. The van der Waals surface area contributed by atoms with E-state index in [0.717, 1.165) is 81.6 Å². The molecule has 0 saturated heterocycles. The third kappa shape index (κ3) is 5.30. The fraction of sp³-hybridized carbons (Fsp3) is 0.562. The first-order valence-electron chi connectivity index (χ1n) is 14.7. The molecule has 5 rings (SSSR count). The lowest BCUT2D eigenvalue weighted by Gasteiger charge is -2.41. The van der Waals surface area contributed by atoms with Crippen LogP contribution >= 0.6 is 11.6 Å². The Morgan fingerprint density at radius 3 is 2.50 bits per heavy atom. The molecule has 0 unspecified atom stereocenters. The quantitative estimate of drug-likeness (QED) is 0.470. The van der Waals surface area contributed by atoms with E-state index in [4.69, 9.17) is 16.3 Å². The number of carbonyl (C=O) groups is 2. The fourth-order valence-corrected chi connectivity index (χ4v) is 7.12. The maximum absolute atomic E-state index is 13.3. The summed E-state index contributed by atoms with van der Waals surface area (Å²) in [6.07, 6.45) is 9.21. The molecule has 0 aromatic heterocycles. The lowest BCUT2D eigenvalue weighted by Crippen LogP contribution is -2.49. The molecule has 0 fully saturated rings. The number of aryl methyl sites for hydroxylation is 1. The van der Waals surface area contributed by atoms with Crippen LogP contribution in [0.3, 0.4) is 0 Å². The van der Waals surface area contributed by atoms with Gasteiger partial charge >= 0.3 is 5.97 Å². The number of nitrogens with zero attached hydrogens (tertiary/aromatic N) is 2. The molecule has 1 amide bonds. The van der Waals surface area contributed by atoms with Crippen molar-refractivity contribution in [1.29, 1.82) is 0 Å². The normalized spacial score (nSPS) is 28.0. The summed E-state index contributed by atoms with van der Waals surface area (Å²) in [4.78, 5) is 29.8. The van der Waals surface area contributed by atoms with E-state index < -0.39 is 17.5 Å². The van der Waals surface area contributed by atoms with Gasteiger partial charge in [-0.05, 0) is 80.0 Å². The first-order chi connectivity index (χ1) is 19.2. The topological polar surface area (TPSA) is 90.3 Å². The number of rotatable bonds is 1. The number of ether oxygens (including phenoxy) is 1. The monoisotopic (exact) mass is 568 g/mol. The molecule has 0 radical (unpaired) electrons. The summed E-state index contributed by atoms with van der Waals surface area (Å²) >= 11 is 6.36. The van der Waals surface area contributed by atoms with E-state index in [9.17, 15) is 19.8 Å². The summed E-state index contributed by atoms with van der Waals surface area (Å²) in [6.45, 7) is 4.08. The maximum Gasteiger partial charge on any atom is 0.341 e. The molecule has 8 heteroatoms. The third-order valence-electron chi connectivity index (χ3n) is 9.35. The molecule has 2 aliphatic heterocycles. The van der Waals surface area contributed by atoms with Gasteiger partial charge in [0.25, 0.3) is 0 Å². The molecule has 3 aliphatic rings. The number of halogens is 1. The molecule has 3 atom stereocenters. The van der Waals surface area contributed by atoms with Crippen LogP contribution in [0, 0.1) is 5.92 Å². The zero-order chi connectivity index (χ0) is 28.5. The molecule has 2 N–H and O–H groups in total. The zero-order valence-electron chi connectivity index (χ0n) is 23.6. The molecule has 2 aromatic carbocycles. The first kappa shape index (κ1) is 28.7. The molecule has 2 bridgehead atoms. The second-order valence-corrected chi connectivity index (χ2v) is 12.4. The van der Waals surface area contributed by atoms with E-state index >= 15 is 0 Å². The summed E-state index contributed by atoms with van der Waals surface area (Å²) in [5.41, 5.74) is 0.901. The highest BCUT2D eigenvalue weighted by molar-refractivity contribution is 6.30. The fourth-order valence-electron chi connectivity index (χ4n) is 6.92. The Kier molecular flexibility index (Phi) is 8.35. The molecule has 0 saturated carbocycles. The van der Waals surface area contributed by atoms with E-state index in [2.05, 4.69) is 17.0 Å². The largest absolute Gasteiger partial charge is 0.490 e. The molecular formula is C32H41ClN2O5. The van der Waals surface area contributed by atoms with Gasteiger partial charge in [-0.15, -0.1) is 0 Å². The highest BCUT2D eigenvalue weighted by atomic mass is 35.5. The van der Waals surface area contributed by atoms with Gasteiger partial charge in [0.15, 0.2) is 5.60 Å². The Bertz CT molecular complexity index is 1270. The standard InChI is InChI=1S/C32H41ClN2O5/c1-22-29(36)34(2)16-7-5-3-4-6-8-17-35-20-31(15-9-10-23-18-25(33)12-13-26(23)31)21-40-28-14-11-24(19-27(28)35)32(22,39)30(37)38/h11-14,18-19,22,39H,3-10,15-17,20-21H2,1-2H3,(H,37,38)/t22-,31+,32-/m1/s1. The van der Waals surface area contributed by atoms with Crippen LogP contribution in [0.5, 0.6) is 5.75 Å². The Morgan fingerprint density at radius 2 is 1.75 bits per heavy atom. The van der Waals surface area contributed by atoms with Crippen LogP contribution in [0.15, 0.2) is 36.4 Å². The van der Waals surface area contributed by atoms with Crippen LogP contribution in [-0.4, -0.2) is 60.3 Å². The van der Waals surface area contributed by atoms with Gasteiger partial charge in [0, 0.05) is 37.1 Å². The lowest BCUT2D eigenvalue weighted by atomic mass is 9.70. The minimum absolute atomic E-state index is 0.195. The summed E-state index contributed by atoms with van der Waals surface area (Å²) in [5.74, 6) is -2.30. The van der Waals surface area contributed by atoms with Gasteiger partial charge < -0.3 is 24.7 Å². The second kappa shape index (κ2) is 11.6. The number of hydrogen-bond donors (Lipinski definition) is 2. The minimum atomic E-state index is -2.37. The van der Waals surface area contributed by atoms with E-state index in [1.807, 2.05) is 6.07 Å². The van der Waals surface area contributed by atoms with Gasteiger partial charge in [0.05, 0.1) is 18.2 Å². The molecule has 40 heavy (non-hydrogen) atoms. The van der Waals surface area contributed by atoms with Gasteiger partial charge in [-0.25, -0.2) is 4.79 Å². The number of carboxylic acids is 1. The van der Waals surface area contributed by atoms with Crippen molar-refractivity contribution in [2.75, 3.05) is 38.2 Å². The van der Waals surface area contributed by atoms with E-state index in [1.54, 1.807) is 30.1 Å². The van der Waals surface area contributed by atoms with Gasteiger partial charge in [-0.3, -0.25) is 4.79 Å². The van der Waals surface area contributed by atoms with Gasteiger partial charge in [-0.2, -0.15) is 0 Å². The second-order valence-electron chi connectivity index (χ2n) is 12.0. The molecule has 1 spiro atoms. The molecule has 7 nitrogen and oxygen atoms in total. The summed E-state index contributed by atoms with van der Waals surface area (Å²) < 4.78 is 6.51.